The second kappa shape index (κ2) is 8.10. The van der Waals surface area contributed by atoms with Crippen LogP contribution in [0.5, 0.6) is 0 Å². The van der Waals surface area contributed by atoms with Crippen LogP contribution in [0.4, 0.5) is 0 Å². The summed E-state index contributed by atoms with van der Waals surface area (Å²) in [4.78, 5) is 15.2. The summed E-state index contributed by atoms with van der Waals surface area (Å²) >= 11 is 4.84. The van der Waals surface area contributed by atoms with E-state index in [9.17, 15) is 4.79 Å². The summed E-state index contributed by atoms with van der Waals surface area (Å²) in [7, 11) is 1.36. The molecule has 1 aromatic rings. The minimum absolute atomic E-state index is 0.326. The van der Waals surface area contributed by atoms with Gasteiger partial charge < -0.3 is 10.1 Å². The number of ether oxygens (including phenoxy) is 1. The third-order valence-electron chi connectivity index (χ3n) is 2.16. The van der Waals surface area contributed by atoms with E-state index in [-0.39, 0.29) is 5.97 Å². The van der Waals surface area contributed by atoms with E-state index >= 15 is 0 Å². The summed E-state index contributed by atoms with van der Waals surface area (Å²) < 4.78 is 5.72. The normalized spacial score (nSPS) is 11.7. The Morgan fingerprint density at radius 2 is 2.50 bits per heavy atom. The number of esters is 1. The maximum absolute atomic E-state index is 11.7. The van der Waals surface area contributed by atoms with Gasteiger partial charge in [-0.05, 0) is 46.6 Å². The Hall–Kier alpha value is -1.08. The van der Waals surface area contributed by atoms with Crippen LogP contribution in [0.15, 0.2) is 21.0 Å². The number of carbonyl (C=O) groups excluding carboxylic acids is 1. The predicted molar refractivity (Wildman–Crippen MR) is 73.4 cm³/mol. The van der Waals surface area contributed by atoms with Gasteiger partial charge in [0.2, 0.25) is 0 Å². The monoisotopic (exact) mass is 332 g/mol. The van der Waals surface area contributed by atoms with Crippen molar-refractivity contribution in [3.8, 4) is 0 Å². The molecule has 0 radical (unpaired) electrons. The lowest BCUT2D eigenvalue weighted by Gasteiger charge is -2.14. The van der Waals surface area contributed by atoms with E-state index in [1.807, 2.05) is 12.1 Å². The van der Waals surface area contributed by atoms with Gasteiger partial charge in [-0.25, -0.2) is 4.79 Å². The van der Waals surface area contributed by atoms with E-state index in [2.05, 4.69) is 31.3 Å². The first-order valence-corrected chi connectivity index (χ1v) is 6.87. The molecule has 0 saturated heterocycles. The third-order valence-corrected chi connectivity index (χ3v) is 3.85. The van der Waals surface area contributed by atoms with Crippen molar-refractivity contribution in [3.63, 3.8) is 0 Å². The van der Waals surface area contributed by atoms with Crippen LogP contribution in [0.25, 0.3) is 10.4 Å². The van der Waals surface area contributed by atoms with Crippen molar-refractivity contribution in [1.82, 2.24) is 5.32 Å². The van der Waals surface area contributed by atoms with E-state index in [0.29, 0.717) is 19.5 Å². The summed E-state index contributed by atoms with van der Waals surface area (Å²) in [5.74, 6) is -0.326. The number of hydrogen-bond acceptors (Lipinski definition) is 5. The molecule has 1 heterocycles. The second-order valence-corrected chi connectivity index (χ2v) is 5.85. The first-order valence-electron chi connectivity index (χ1n) is 5.26. The van der Waals surface area contributed by atoms with Gasteiger partial charge in [0.1, 0.15) is 6.04 Å². The topological polar surface area (TPSA) is 87.1 Å². The Morgan fingerprint density at radius 3 is 3.06 bits per heavy atom. The fourth-order valence-corrected chi connectivity index (χ4v) is 2.83. The average Bonchev–Trinajstić information content (AvgIpc) is 2.79. The molecule has 98 valence electrons. The van der Waals surface area contributed by atoms with Crippen molar-refractivity contribution in [2.24, 2.45) is 5.11 Å². The molecule has 1 atom stereocenters. The number of nitrogens with zero attached hydrogens (tertiary/aromatic N) is 3. The standard InChI is InChI=1S/C10H13BrN4O2S/c1-17-10(16)9(7-3-4-8(11)18-7)13-5-2-6-14-15-12/h3-4,9,13H,2,5-6H2,1H3. The number of rotatable bonds is 7. The van der Waals surface area contributed by atoms with Crippen molar-refractivity contribution in [3.05, 3.63) is 31.2 Å². The molecule has 1 N–H and O–H groups in total. The van der Waals surface area contributed by atoms with E-state index in [1.165, 1.54) is 18.4 Å². The maximum atomic E-state index is 11.7. The lowest BCUT2D eigenvalue weighted by molar-refractivity contribution is -0.143. The molecular formula is C10H13BrN4O2S. The molecule has 0 aliphatic heterocycles. The average molecular weight is 333 g/mol. The molecule has 0 spiro atoms. The zero-order valence-electron chi connectivity index (χ0n) is 9.80. The third kappa shape index (κ3) is 4.66. The van der Waals surface area contributed by atoms with E-state index in [0.717, 1.165) is 8.66 Å². The van der Waals surface area contributed by atoms with Crippen LogP contribution in [0.2, 0.25) is 0 Å². The quantitative estimate of drug-likeness (QED) is 0.273. The molecular weight excluding hydrogens is 320 g/mol. The van der Waals surface area contributed by atoms with Crippen LogP contribution in [-0.2, 0) is 9.53 Å². The highest BCUT2D eigenvalue weighted by atomic mass is 79.9. The van der Waals surface area contributed by atoms with Gasteiger partial charge in [-0.1, -0.05) is 5.11 Å². The molecule has 1 rings (SSSR count). The number of azide groups is 1. The van der Waals surface area contributed by atoms with Crippen LogP contribution >= 0.6 is 27.3 Å². The molecule has 6 nitrogen and oxygen atoms in total. The summed E-state index contributed by atoms with van der Waals surface area (Å²) in [5, 5.41) is 6.52. The van der Waals surface area contributed by atoms with E-state index < -0.39 is 6.04 Å². The minimum atomic E-state index is -0.475. The first-order chi connectivity index (χ1) is 8.69. The zero-order chi connectivity index (χ0) is 13.4. The maximum Gasteiger partial charge on any atom is 0.328 e. The van der Waals surface area contributed by atoms with Crippen LogP contribution in [0, 0.1) is 0 Å². The molecule has 0 bridgehead atoms. The summed E-state index contributed by atoms with van der Waals surface area (Å²) in [6, 6.07) is 3.28. The summed E-state index contributed by atoms with van der Waals surface area (Å²) in [6.07, 6.45) is 0.671. The molecule has 8 heteroatoms. The molecule has 1 aromatic heterocycles. The van der Waals surface area contributed by atoms with Crippen molar-refractivity contribution < 1.29 is 9.53 Å². The molecule has 0 aromatic carbocycles. The van der Waals surface area contributed by atoms with Crippen LogP contribution < -0.4 is 5.32 Å². The SMILES string of the molecule is COC(=O)C(NCCCN=[N+]=[N-])c1ccc(Br)s1. The summed E-state index contributed by atoms with van der Waals surface area (Å²) in [5.41, 5.74) is 8.14. The van der Waals surface area contributed by atoms with Gasteiger partial charge in [-0.3, -0.25) is 0 Å². The van der Waals surface area contributed by atoms with Crippen molar-refractivity contribution >= 4 is 33.2 Å². The highest BCUT2D eigenvalue weighted by molar-refractivity contribution is 9.11. The lowest BCUT2D eigenvalue weighted by Crippen LogP contribution is -2.30. The van der Waals surface area contributed by atoms with Crippen molar-refractivity contribution in [2.75, 3.05) is 20.2 Å². The van der Waals surface area contributed by atoms with Crippen LogP contribution in [-0.4, -0.2) is 26.2 Å². The smallest absolute Gasteiger partial charge is 0.328 e. The molecule has 0 aliphatic rings. The van der Waals surface area contributed by atoms with Crippen LogP contribution in [0.1, 0.15) is 17.3 Å². The van der Waals surface area contributed by atoms with Gasteiger partial charge in [0, 0.05) is 16.3 Å². The van der Waals surface area contributed by atoms with E-state index in [4.69, 9.17) is 10.3 Å². The molecule has 1 unspecified atom stereocenters. The number of halogens is 1. The number of carbonyl (C=O) groups is 1. The van der Waals surface area contributed by atoms with Crippen molar-refractivity contribution in [2.45, 2.75) is 12.5 Å². The fourth-order valence-electron chi connectivity index (χ4n) is 1.34. The van der Waals surface area contributed by atoms with Gasteiger partial charge in [-0.15, -0.1) is 11.3 Å². The Labute approximate surface area is 117 Å². The highest BCUT2D eigenvalue weighted by Gasteiger charge is 2.22. The lowest BCUT2D eigenvalue weighted by atomic mass is 10.2. The number of methoxy groups -OCH3 is 1. The molecule has 0 aliphatic carbocycles. The predicted octanol–water partition coefficient (Wildman–Crippen LogP) is 3.01. The van der Waals surface area contributed by atoms with Crippen LogP contribution in [0.3, 0.4) is 0 Å². The molecule has 18 heavy (non-hydrogen) atoms. The highest BCUT2D eigenvalue weighted by Crippen LogP contribution is 2.27. The van der Waals surface area contributed by atoms with Crippen molar-refractivity contribution in [1.29, 1.82) is 0 Å². The first kappa shape index (κ1) is 15.0. The van der Waals surface area contributed by atoms with Gasteiger partial charge in [0.25, 0.3) is 0 Å². The molecule has 0 fully saturated rings. The minimum Gasteiger partial charge on any atom is -0.468 e. The largest absolute Gasteiger partial charge is 0.468 e. The van der Waals surface area contributed by atoms with Gasteiger partial charge in [0.05, 0.1) is 10.9 Å². The Bertz CT molecular complexity index is 445. The van der Waals surface area contributed by atoms with Gasteiger partial charge in [-0.2, -0.15) is 0 Å². The Balaban J connectivity index is 2.57. The van der Waals surface area contributed by atoms with Gasteiger partial charge in [0.15, 0.2) is 0 Å². The second-order valence-electron chi connectivity index (χ2n) is 3.36. The molecule has 0 saturated carbocycles. The fraction of sp³-hybridized carbons (Fsp3) is 0.500. The Morgan fingerprint density at radius 1 is 1.72 bits per heavy atom. The Kier molecular flexibility index (Phi) is 6.74. The zero-order valence-corrected chi connectivity index (χ0v) is 12.2. The number of hydrogen-bond donors (Lipinski definition) is 1. The number of nitrogens with one attached hydrogen (secondary N) is 1. The van der Waals surface area contributed by atoms with E-state index in [1.54, 1.807) is 0 Å². The van der Waals surface area contributed by atoms with Gasteiger partial charge >= 0.3 is 5.97 Å². The number of thiophene rings is 1. The molecule has 0 amide bonds. The summed E-state index contributed by atoms with van der Waals surface area (Å²) in [6.45, 7) is 0.986.